The number of thiazole rings is 1. The van der Waals surface area contributed by atoms with Crippen LogP contribution in [0.3, 0.4) is 0 Å². The zero-order chi connectivity index (χ0) is 8.39. The van der Waals surface area contributed by atoms with Crippen molar-refractivity contribution < 1.29 is 4.42 Å². The van der Waals surface area contributed by atoms with E-state index in [1.54, 1.807) is 12.4 Å². The van der Waals surface area contributed by atoms with E-state index in [2.05, 4.69) is 9.97 Å². The molecule has 0 aliphatic carbocycles. The summed E-state index contributed by atoms with van der Waals surface area (Å²) in [5, 5.41) is 0.778. The van der Waals surface area contributed by atoms with Crippen molar-refractivity contribution >= 4 is 23.7 Å². The Kier molecular flexibility index (Phi) is 3.41. The number of nitrogens with zero attached hydrogens (tertiary/aromatic N) is 2. The largest absolute Gasteiger partial charge is 0.443 e. The lowest BCUT2D eigenvalue weighted by Gasteiger charge is -1.84. The zero-order valence-electron chi connectivity index (χ0n) is 6.64. The van der Waals surface area contributed by atoms with Crippen LogP contribution in [-0.4, -0.2) is 9.97 Å². The van der Waals surface area contributed by atoms with Gasteiger partial charge in [0.2, 0.25) is 0 Å². The Morgan fingerprint density at radius 2 is 2.31 bits per heavy atom. The second-order valence-corrected chi connectivity index (χ2v) is 3.29. The number of halogens is 1. The Balaban J connectivity index is 0.000000845. The minimum atomic E-state index is 0. The quantitative estimate of drug-likeness (QED) is 0.831. The van der Waals surface area contributed by atoms with Gasteiger partial charge in [-0.2, -0.15) is 0 Å². The molecular formula is C7H8ClN3OS. The number of rotatable bonds is 2. The fraction of sp³-hybridized carbons (Fsp3) is 0.143. The first-order valence-corrected chi connectivity index (χ1v) is 4.26. The first kappa shape index (κ1) is 10.2. The molecule has 2 N–H and O–H groups in total. The van der Waals surface area contributed by atoms with Gasteiger partial charge in [0, 0.05) is 17.6 Å². The SMILES string of the molecule is Cl.NCc1cnc(-c2ncco2)s1. The van der Waals surface area contributed by atoms with Gasteiger partial charge >= 0.3 is 0 Å². The van der Waals surface area contributed by atoms with Crippen LogP contribution in [0.1, 0.15) is 4.88 Å². The van der Waals surface area contributed by atoms with Crippen molar-refractivity contribution in [2.24, 2.45) is 5.73 Å². The van der Waals surface area contributed by atoms with E-state index in [1.807, 2.05) is 0 Å². The van der Waals surface area contributed by atoms with Crippen molar-refractivity contribution in [3.8, 4) is 10.9 Å². The van der Waals surface area contributed by atoms with Crippen LogP contribution >= 0.6 is 23.7 Å². The third-order valence-corrected chi connectivity index (χ3v) is 2.38. The second-order valence-electron chi connectivity index (χ2n) is 2.17. The van der Waals surface area contributed by atoms with Crippen molar-refractivity contribution in [2.75, 3.05) is 0 Å². The van der Waals surface area contributed by atoms with E-state index in [-0.39, 0.29) is 12.4 Å². The Morgan fingerprint density at radius 1 is 1.46 bits per heavy atom. The predicted molar refractivity (Wildman–Crippen MR) is 52.8 cm³/mol. The topological polar surface area (TPSA) is 64.9 Å². The summed E-state index contributed by atoms with van der Waals surface area (Å²) in [6.07, 6.45) is 4.86. The van der Waals surface area contributed by atoms with Crippen molar-refractivity contribution in [3.05, 3.63) is 23.5 Å². The molecule has 0 amide bonds. The molecule has 0 atom stereocenters. The van der Waals surface area contributed by atoms with E-state index in [9.17, 15) is 0 Å². The number of oxazole rings is 1. The molecule has 2 heterocycles. The summed E-state index contributed by atoms with van der Waals surface area (Å²) < 4.78 is 5.07. The van der Waals surface area contributed by atoms with Gasteiger partial charge in [-0.15, -0.1) is 23.7 Å². The summed E-state index contributed by atoms with van der Waals surface area (Å²) in [5.74, 6) is 0.555. The van der Waals surface area contributed by atoms with Gasteiger partial charge in [-0.25, -0.2) is 9.97 Å². The maximum Gasteiger partial charge on any atom is 0.255 e. The molecule has 0 fully saturated rings. The molecule has 0 unspecified atom stereocenters. The van der Waals surface area contributed by atoms with Crippen LogP contribution in [0.5, 0.6) is 0 Å². The highest BCUT2D eigenvalue weighted by Crippen LogP contribution is 2.22. The zero-order valence-corrected chi connectivity index (χ0v) is 8.27. The third-order valence-electron chi connectivity index (χ3n) is 1.37. The monoisotopic (exact) mass is 217 g/mol. The maximum absolute atomic E-state index is 5.44. The Labute approximate surface area is 85.2 Å². The van der Waals surface area contributed by atoms with Gasteiger partial charge in [-0.1, -0.05) is 0 Å². The summed E-state index contributed by atoms with van der Waals surface area (Å²) in [4.78, 5) is 9.12. The Morgan fingerprint density at radius 3 is 2.85 bits per heavy atom. The lowest BCUT2D eigenvalue weighted by molar-refractivity contribution is 0.574. The molecule has 2 rings (SSSR count). The molecule has 0 saturated carbocycles. The van der Waals surface area contributed by atoms with Crippen molar-refractivity contribution in [3.63, 3.8) is 0 Å². The molecule has 0 aromatic carbocycles. The smallest absolute Gasteiger partial charge is 0.255 e. The molecule has 4 nitrogen and oxygen atoms in total. The van der Waals surface area contributed by atoms with Crippen LogP contribution in [0.25, 0.3) is 10.9 Å². The summed E-state index contributed by atoms with van der Waals surface area (Å²) in [6.45, 7) is 0.512. The molecule has 0 aliphatic rings. The molecule has 0 saturated heterocycles. The standard InChI is InChI=1S/C7H7N3OS.ClH/c8-3-5-4-10-7(12-5)6-9-1-2-11-6;/h1-2,4H,3,8H2;1H. The summed E-state index contributed by atoms with van der Waals surface area (Å²) >= 11 is 1.50. The highest BCUT2D eigenvalue weighted by molar-refractivity contribution is 7.14. The normalized spacial score (nSPS) is 9.62. The van der Waals surface area contributed by atoms with Crippen molar-refractivity contribution in [1.82, 2.24) is 9.97 Å². The summed E-state index contributed by atoms with van der Waals surface area (Å²) in [5.41, 5.74) is 5.44. The lowest BCUT2D eigenvalue weighted by atomic mass is 10.6. The van der Waals surface area contributed by atoms with Crippen LogP contribution in [-0.2, 0) is 6.54 Å². The van der Waals surface area contributed by atoms with Gasteiger partial charge in [-0.3, -0.25) is 0 Å². The van der Waals surface area contributed by atoms with Gasteiger partial charge in [0.1, 0.15) is 6.26 Å². The minimum Gasteiger partial charge on any atom is -0.443 e. The van der Waals surface area contributed by atoms with Gasteiger partial charge in [0.25, 0.3) is 5.89 Å². The molecule has 6 heteroatoms. The Bertz CT molecular complexity index is 359. The minimum absolute atomic E-state index is 0. The van der Waals surface area contributed by atoms with Gasteiger partial charge in [0.15, 0.2) is 5.01 Å². The number of nitrogens with two attached hydrogens (primary N) is 1. The fourth-order valence-corrected chi connectivity index (χ4v) is 1.56. The average Bonchev–Trinajstić information content (AvgIpc) is 2.75. The van der Waals surface area contributed by atoms with E-state index >= 15 is 0 Å². The highest BCUT2D eigenvalue weighted by Gasteiger charge is 2.06. The average molecular weight is 218 g/mol. The van der Waals surface area contributed by atoms with E-state index in [4.69, 9.17) is 10.2 Å². The predicted octanol–water partition coefficient (Wildman–Crippen LogP) is 1.68. The molecular weight excluding hydrogens is 210 g/mol. The van der Waals surface area contributed by atoms with E-state index < -0.39 is 0 Å². The molecule has 2 aromatic heterocycles. The lowest BCUT2D eigenvalue weighted by Crippen LogP contribution is -1.91. The molecule has 0 spiro atoms. The Hall–Kier alpha value is -0.910. The van der Waals surface area contributed by atoms with Gasteiger partial charge < -0.3 is 10.2 Å². The third kappa shape index (κ3) is 2.06. The van der Waals surface area contributed by atoms with E-state index in [1.165, 1.54) is 17.6 Å². The number of hydrogen-bond acceptors (Lipinski definition) is 5. The molecule has 70 valence electrons. The van der Waals surface area contributed by atoms with Gasteiger partial charge in [0.05, 0.1) is 6.20 Å². The molecule has 2 aromatic rings. The molecule has 0 aliphatic heterocycles. The highest BCUT2D eigenvalue weighted by atomic mass is 35.5. The van der Waals surface area contributed by atoms with Crippen LogP contribution in [0, 0.1) is 0 Å². The first-order chi connectivity index (χ1) is 5.90. The van der Waals surface area contributed by atoms with Crippen LogP contribution < -0.4 is 5.73 Å². The van der Waals surface area contributed by atoms with Crippen LogP contribution in [0.15, 0.2) is 23.1 Å². The fourth-order valence-electron chi connectivity index (χ4n) is 0.830. The van der Waals surface area contributed by atoms with Gasteiger partial charge in [-0.05, 0) is 0 Å². The number of aromatic nitrogens is 2. The van der Waals surface area contributed by atoms with Crippen LogP contribution in [0.4, 0.5) is 0 Å². The summed E-state index contributed by atoms with van der Waals surface area (Å²) in [7, 11) is 0. The number of hydrogen-bond donors (Lipinski definition) is 1. The second kappa shape index (κ2) is 4.36. The van der Waals surface area contributed by atoms with E-state index in [0.29, 0.717) is 12.4 Å². The van der Waals surface area contributed by atoms with Crippen molar-refractivity contribution in [2.45, 2.75) is 6.54 Å². The molecule has 0 radical (unpaired) electrons. The molecule has 13 heavy (non-hydrogen) atoms. The molecule has 0 bridgehead atoms. The summed E-state index contributed by atoms with van der Waals surface area (Å²) in [6, 6.07) is 0. The maximum atomic E-state index is 5.44. The van der Waals surface area contributed by atoms with E-state index in [0.717, 1.165) is 9.88 Å². The van der Waals surface area contributed by atoms with Crippen LogP contribution in [0.2, 0.25) is 0 Å². The first-order valence-electron chi connectivity index (χ1n) is 3.45. The van der Waals surface area contributed by atoms with Crippen molar-refractivity contribution in [1.29, 1.82) is 0 Å².